The van der Waals surface area contributed by atoms with Crippen LogP contribution in [0.2, 0.25) is 0 Å². The number of nitrogens with zero attached hydrogens (tertiary/aromatic N) is 3. The first kappa shape index (κ1) is 18.9. The first-order chi connectivity index (χ1) is 11.8. The number of aliphatic carboxylic acids is 2. The van der Waals surface area contributed by atoms with Crippen molar-refractivity contribution in [3.8, 4) is 0 Å². The van der Waals surface area contributed by atoms with Crippen LogP contribution in [0.3, 0.4) is 0 Å². The third-order valence-electron chi connectivity index (χ3n) is 3.67. The van der Waals surface area contributed by atoms with Crippen molar-refractivity contribution in [1.29, 1.82) is 0 Å². The normalized spacial score (nSPS) is 15.2. The fourth-order valence-corrected chi connectivity index (χ4v) is 3.30. The minimum atomic E-state index is -1.26. The summed E-state index contributed by atoms with van der Waals surface area (Å²) in [5.41, 5.74) is 2.43. The van der Waals surface area contributed by atoms with Crippen LogP contribution in [0.1, 0.15) is 5.56 Å². The Morgan fingerprint density at radius 3 is 2.28 bits per heavy atom. The van der Waals surface area contributed by atoms with E-state index in [1.807, 2.05) is 11.3 Å². The van der Waals surface area contributed by atoms with Crippen LogP contribution in [-0.4, -0.2) is 65.3 Å². The van der Waals surface area contributed by atoms with Crippen LogP contribution in [0.25, 0.3) is 10.2 Å². The number of rotatable bonds is 3. The number of piperazine rings is 1. The van der Waals surface area contributed by atoms with Crippen LogP contribution in [0.15, 0.2) is 30.4 Å². The Bertz CT molecular complexity index is 763. The highest BCUT2D eigenvalue weighted by molar-refractivity contribution is 7.22. The second-order valence-electron chi connectivity index (χ2n) is 5.77. The van der Waals surface area contributed by atoms with Gasteiger partial charge in [-0.15, -0.1) is 0 Å². The van der Waals surface area contributed by atoms with Gasteiger partial charge in [0.1, 0.15) is 0 Å². The molecular formula is C17H21N3O4S. The first-order valence-corrected chi connectivity index (χ1v) is 8.61. The van der Waals surface area contributed by atoms with Gasteiger partial charge in [0.05, 0.1) is 10.2 Å². The molecule has 8 heteroatoms. The first-order valence-electron chi connectivity index (χ1n) is 7.80. The van der Waals surface area contributed by atoms with Gasteiger partial charge in [0, 0.05) is 38.3 Å². The maximum absolute atomic E-state index is 9.55. The summed E-state index contributed by atoms with van der Waals surface area (Å²) in [6, 6.07) is 6.52. The zero-order valence-electron chi connectivity index (χ0n) is 14.2. The molecule has 0 spiro atoms. The second-order valence-corrected chi connectivity index (χ2v) is 6.78. The van der Waals surface area contributed by atoms with E-state index in [4.69, 9.17) is 15.2 Å². The summed E-state index contributed by atoms with van der Waals surface area (Å²) in [4.78, 5) is 28.6. The number of thiazole rings is 1. The summed E-state index contributed by atoms with van der Waals surface area (Å²) in [6.07, 6.45) is 1.12. The molecule has 3 rings (SSSR count). The van der Waals surface area contributed by atoms with Gasteiger partial charge >= 0.3 is 11.9 Å². The highest BCUT2D eigenvalue weighted by atomic mass is 32.1. The number of carboxylic acid groups (broad SMARTS) is 2. The summed E-state index contributed by atoms with van der Waals surface area (Å²) in [5.74, 6) is -2.51. The van der Waals surface area contributed by atoms with E-state index in [1.54, 1.807) is 0 Å². The van der Waals surface area contributed by atoms with Crippen LogP contribution in [0.5, 0.6) is 0 Å². The smallest absolute Gasteiger partial charge is 0.328 e. The van der Waals surface area contributed by atoms with Gasteiger partial charge in [-0.2, -0.15) is 0 Å². The van der Waals surface area contributed by atoms with Gasteiger partial charge in [-0.05, 0) is 31.7 Å². The maximum Gasteiger partial charge on any atom is 0.328 e. The van der Waals surface area contributed by atoms with Crippen LogP contribution < -0.4 is 4.90 Å². The van der Waals surface area contributed by atoms with Crippen LogP contribution in [-0.2, 0) is 9.59 Å². The number of aryl methyl sites for hydroxylation is 1. The molecule has 0 radical (unpaired) electrons. The SMILES string of the molecule is Cc1ccc2sc(N3CCN(C)CC3)nc2c1.O=C(O)C=CC(=O)O. The Kier molecular flexibility index (Phi) is 6.49. The van der Waals surface area contributed by atoms with Crippen molar-refractivity contribution in [3.05, 3.63) is 35.9 Å². The van der Waals surface area contributed by atoms with Gasteiger partial charge in [0.2, 0.25) is 0 Å². The topological polar surface area (TPSA) is 94.0 Å². The molecule has 1 aliphatic heterocycles. The summed E-state index contributed by atoms with van der Waals surface area (Å²) in [6.45, 7) is 6.57. The quantitative estimate of drug-likeness (QED) is 0.806. The summed E-state index contributed by atoms with van der Waals surface area (Å²) in [7, 11) is 2.18. The van der Waals surface area contributed by atoms with Gasteiger partial charge in [0.25, 0.3) is 0 Å². The molecule has 0 atom stereocenters. The van der Waals surface area contributed by atoms with E-state index >= 15 is 0 Å². The van der Waals surface area contributed by atoms with E-state index in [-0.39, 0.29) is 0 Å². The molecule has 1 aliphatic rings. The third kappa shape index (κ3) is 5.84. The van der Waals surface area contributed by atoms with Crippen molar-refractivity contribution in [2.75, 3.05) is 38.1 Å². The van der Waals surface area contributed by atoms with E-state index in [0.29, 0.717) is 12.2 Å². The lowest BCUT2D eigenvalue weighted by Crippen LogP contribution is -2.44. The number of carboxylic acids is 2. The molecule has 25 heavy (non-hydrogen) atoms. The molecule has 1 fully saturated rings. The highest BCUT2D eigenvalue weighted by Crippen LogP contribution is 2.29. The summed E-state index contributed by atoms with van der Waals surface area (Å²) in [5, 5.41) is 16.8. The lowest BCUT2D eigenvalue weighted by Gasteiger charge is -2.32. The third-order valence-corrected chi connectivity index (χ3v) is 4.77. The van der Waals surface area contributed by atoms with E-state index in [2.05, 4.69) is 42.0 Å². The van der Waals surface area contributed by atoms with Crippen molar-refractivity contribution < 1.29 is 19.8 Å². The number of anilines is 1. The van der Waals surface area contributed by atoms with Crippen molar-refractivity contribution >= 4 is 38.6 Å². The minimum Gasteiger partial charge on any atom is -0.478 e. The Hall–Kier alpha value is -2.45. The molecule has 1 saturated heterocycles. The minimum absolute atomic E-state index is 0.558. The van der Waals surface area contributed by atoms with E-state index < -0.39 is 11.9 Å². The molecule has 0 aliphatic carbocycles. The van der Waals surface area contributed by atoms with Gasteiger partial charge < -0.3 is 20.0 Å². The predicted molar refractivity (Wildman–Crippen MR) is 98.5 cm³/mol. The van der Waals surface area contributed by atoms with Crippen molar-refractivity contribution in [2.24, 2.45) is 0 Å². The number of fused-ring (bicyclic) bond motifs is 1. The average Bonchev–Trinajstić information content (AvgIpc) is 2.97. The molecule has 0 saturated carbocycles. The molecule has 2 N–H and O–H groups in total. The molecule has 1 aromatic heterocycles. The van der Waals surface area contributed by atoms with Crippen molar-refractivity contribution in [1.82, 2.24) is 9.88 Å². The monoisotopic (exact) mass is 363 g/mol. The number of likely N-dealkylation sites (N-methyl/N-ethyl adjacent to an activating group) is 1. The second kappa shape index (κ2) is 8.59. The fraction of sp³-hybridized carbons (Fsp3) is 0.353. The molecule has 134 valence electrons. The molecule has 0 unspecified atom stereocenters. The standard InChI is InChI=1S/C13H17N3S.C4H4O4/c1-10-3-4-12-11(9-10)14-13(17-12)16-7-5-15(2)6-8-16;5-3(6)1-2-4(7)8/h3-4,9H,5-8H2,1-2H3;1-2H,(H,5,6)(H,7,8). The molecule has 2 aromatic rings. The number of aromatic nitrogens is 1. The van der Waals surface area contributed by atoms with E-state index in [0.717, 1.165) is 31.7 Å². The predicted octanol–water partition coefficient (Wildman–Crippen LogP) is 2.07. The average molecular weight is 363 g/mol. The zero-order chi connectivity index (χ0) is 18.4. The van der Waals surface area contributed by atoms with Gasteiger partial charge in [-0.3, -0.25) is 0 Å². The number of carbonyl (C=O) groups is 2. The van der Waals surface area contributed by atoms with Crippen LogP contribution in [0.4, 0.5) is 5.13 Å². The Labute approximate surface area is 149 Å². The molecule has 0 bridgehead atoms. The molecule has 7 nitrogen and oxygen atoms in total. The van der Waals surface area contributed by atoms with E-state index in [1.165, 1.54) is 15.4 Å². The maximum atomic E-state index is 9.55. The Morgan fingerprint density at radius 1 is 1.12 bits per heavy atom. The lowest BCUT2D eigenvalue weighted by atomic mass is 10.2. The number of benzene rings is 1. The largest absolute Gasteiger partial charge is 0.478 e. The zero-order valence-corrected chi connectivity index (χ0v) is 15.0. The van der Waals surface area contributed by atoms with Gasteiger partial charge in [-0.1, -0.05) is 17.4 Å². The van der Waals surface area contributed by atoms with Crippen LogP contribution in [0, 0.1) is 6.92 Å². The lowest BCUT2D eigenvalue weighted by molar-refractivity contribution is -0.134. The fourth-order valence-electron chi connectivity index (χ4n) is 2.30. The van der Waals surface area contributed by atoms with Gasteiger partial charge in [-0.25, -0.2) is 14.6 Å². The van der Waals surface area contributed by atoms with Crippen LogP contribution >= 0.6 is 11.3 Å². The molecule has 1 aromatic carbocycles. The molecule has 0 amide bonds. The number of hydrogen-bond donors (Lipinski definition) is 2. The van der Waals surface area contributed by atoms with Crippen molar-refractivity contribution in [2.45, 2.75) is 6.92 Å². The number of hydrogen-bond acceptors (Lipinski definition) is 6. The summed E-state index contributed by atoms with van der Waals surface area (Å²) >= 11 is 1.81. The summed E-state index contributed by atoms with van der Waals surface area (Å²) < 4.78 is 1.30. The van der Waals surface area contributed by atoms with Gasteiger partial charge in [0.15, 0.2) is 5.13 Å². The van der Waals surface area contributed by atoms with Crippen molar-refractivity contribution in [3.63, 3.8) is 0 Å². The Morgan fingerprint density at radius 2 is 1.72 bits per heavy atom. The van der Waals surface area contributed by atoms with E-state index in [9.17, 15) is 9.59 Å². The highest BCUT2D eigenvalue weighted by Gasteiger charge is 2.17. The molecule has 2 heterocycles. The molecular weight excluding hydrogens is 342 g/mol. The Balaban J connectivity index is 0.000000242.